The number of H-pyrrole nitrogens is 1. The summed E-state index contributed by atoms with van der Waals surface area (Å²) in [6.07, 6.45) is 0. The number of hydrogen-bond donors (Lipinski definition) is 2. The molecule has 1 amide bonds. The van der Waals surface area contributed by atoms with Gasteiger partial charge in [0, 0.05) is 14.0 Å². The summed E-state index contributed by atoms with van der Waals surface area (Å²) in [5.74, 6) is -0.155. The number of nitrogens with zero attached hydrogens (tertiary/aromatic N) is 1. The molecule has 0 fully saturated rings. The van der Waals surface area contributed by atoms with Crippen molar-refractivity contribution in [3.63, 3.8) is 0 Å². The van der Waals surface area contributed by atoms with Crippen LogP contribution >= 0.6 is 0 Å². The molecule has 1 heterocycles. The van der Waals surface area contributed by atoms with Crippen LogP contribution in [0.5, 0.6) is 0 Å². The van der Waals surface area contributed by atoms with E-state index in [0.29, 0.717) is 5.56 Å². The fraction of sp³-hybridized carbons (Fsp3) is 0.231. The molecule has 0 atom stereocenters. The highest BCUT2D eigenvalue weighted by atomic mass is 16.1. The fourth-order valence-corrected chi connectivity index (χ4v) is 1.82. The number of hydrogen-bond acceptors (Lipinski definition) is 2. The van der Waals surface area contributed by atoms with Crippen LogP contribution in [0.4, 0.5) is 0 Å². The molecule has 0 aliphatic rings. The highest BCUT2D eigenvalue weighted by molar-refractivity contribution is 5.73. The number of aromatic amines is 1. The molecule has 5 nitrogen and oxygen atoms in total. The molecule has 0 saturated carbocycles. The largest absolute Gasteiger partial charge is 0.352 e. The van der Waals surface area contributed by atoms with Gasteiger partial charge in [0.25, 0.3) is 5.56 Å². The minimum atomic E-state index is -0.155. The van der Waals surface area contributed by atoms with Crippen LogP contribution in [-0.2, 0) is 18.4 Å². The third-order valence-corrected chi connectivity index (χ3v) is 2.72. The summed E-state index contributed by atoms with van der Waals surface area (Å²) < 4.78 is 1.42. The van der Waals surface area contributed by atoms with Crippen molar-refractivity contribution in [3.8, 4) is 11.3 Å². The van der Waals surface area contributed by atoms with Crippen molar-refractivity contribution >= 4 is 5.91 Å². The van der Waals surface area contributed by atoms with Crippen LogP contribution < -0.4 is 10.9 Å². The van der Waals surface area contributed by atoms with Gasteiger partial charge in [-0.1, -0.05) is 30.3 Å². The summed E-state index contributed by atoms with van der Waals surface area (Å²) in [6, 6.07) is 9.56. The molecule has 18 heavy (non-hydrogen) atoms. The van der Waals surface area contributed by atoms with Crippen LogP contribution in [0.15, 0.2) is 35.1 Å². The summed E-state index contributed by atoms with van der Waals surface area (Å²) in [4.78, 5) is 22.9. The lowest BCUT2D eigenvalue weighted by atomic mass is 10.1. The first kappa shape index (κ1) is 12.2. The lowest BCUT2D eigenvalue weighted by Crippen LogP contribution is -2.24. The maximum absolute atomic E-state index is 12.0. The van der Waals surface area contributed by atoms with E-state index in [1.165, 1.54) is 11.6 Å². The molecule has 94 valence electrons. The number of carbonyl (C=O) groups is 1. The van der Waals surface area contributed by atoms with Crippen LogP contribution in [-0.4, -0.2) is 15.7 Å². The molecule has 2 N–H and O–H groups in total. The first-order chi connectivity index (χ1) is 8.59. The van der Waals surface area contributed by atoms with Gasteiger partial charge < -0.3 is 5.32 Å². The van der Waals surface area contributed by atoms with E-state index in [1.54, 1.807) is 7.05 Å². The average Bonchev–Trinajstić information content (AvgIpc) is 2.64. The molecule has 0 spiro atoms. The summed E-state index contributed by atoms with van der Waals surface area (Å²) in [5.41, 5.74) is 2.12. The second kappa shape index (κ2) is 4.91. The topological polar surface area (TPSA) is 66.9 Å². The number of amides is 1. The number of benzene rings is 1. The fourth-order valence-electron chi connectivity index (χ4n) is 1.82. The number of aryl methyl sites for hydroxylation is 1. The second-order valence-electron chi connectivity index (χ2n) is 4.11. The monoisotopic (exact) mass is 245 g/mol. The van der Waals surface area contributed by atoms with Crippen LogP contribution in [0, 0.1) is 0 Å². The minimum absolute atomic E-state index is 0.123. The zero-order chi connectivity index (χ0) is 13.1. The Morgan fingerprint density at radius 2 is 2.00 bits per heavy atom. The predicted molar refractivity (Wildman–Crippen MR) is 69.0 cm³/mol. The van der Waals surface area contributed by atoms with Crippen molar-refractivity contribution < 1.29 is 4.79 Å². The van der Waals surface area contributed by atoms with Crippen LogP contribution in [0.25, 0.3) is 11.3 Å². The zero-order valence-electron chi connectivity index (χ0n) is 10.4. The number of aromatic nitrogens is 2. The minimum Gasteiger partial charge on any atom is -0.352 e. The maximum atomic E-state index is 12.0. The first-order valence-electron chi connectivity index (χ1n) is 5.67. The molecule has 0 aliphatic carbocycles. The van der Waals surface area contributed by atoms with Crippen molar-refractivity contribution in [2.45, 2.75) is 13.5 Å². The molecule has 0 radical (unpaired) electrons. The summed E-state index contributed by atoms with van der Waals surface area (Å²) in [6.45, 7) is 1.66. The number of carbonyl (C=O) groups excluding carboxylic acids is 1. The molecule has 0 saturated heterocycles. The molecule has 2 rings (SSSR count). The Morgan fingerprint density at radius 3 is 2.61 bits per heavy atom. The number of nitrogens with one attached hydrogen (secondary N) is 2. The van der Waals surface area contributed by atoms with E-state index < -0.39 is 0 Å². The van der Waals surface area contributed by atoms with Gasteiger partial charge in [0.15, 0.2) is 0 Å². The van der Waals surface area contributed by atoms with Gasteiger partial charge in [-0.2, -0.15) is 0 Å². The Kier molecular flexibility index (Phi) is 3.32. The van der Waals surface area contributed by atoms with E-state index in [-0.39, 0.29) is 18.0 Å². The summed E-state index contributed by atoms with van der Waals surface area (Å²) in [5, 5.41) is 5.66. The molecule has 0 bridgehead atoms. The average molecular weight is 245 g/mol. The van der Waals surface area contributed by atoms with Crippen LogP contribution in [0.3, 0.4) is 0 Å². The van der Waals surface area contributed by atoms with Gasteiger partial charge in [0.05, 0.1) is 17.8 Å². The third-order valence-electron chi connectivity index (χ3n) is 2.72. The Labute approximate surface area is 104 Å². The normalized spacial score (nSPS) is 10.3. The molecule has 1 aromatic carbocycles. The summed E-state index contributed by atoms with van der Waals surface area (Å²) >= 11 is 0. The van der Waals surface area contributed by atoms with Crippen LogP contribution in [0.1, 0.15) is 12.5 Å². The van der Waals surface area contributed by atoms with Crippen molar-refractivity contribution in [1.82, 2.24) is 15.1 Å². The molecule has 0 unspecified atom stereocenters. The molecular formula is C13H15N3O2. The second-order valence-corrected chi connectivity index (χ2v) is 4.11. The SMILES string of the molecule is CC(=O)NCc1c(-c2ccccc2)[nH]n(C)c1=O. The van der Waals surface area contributed by atoms with Gasteiger partial charge in [-0.3, -0.25) is 19.4 Å². The number of rotatable bonds is 3. The first-order valence-corrected chi connectivity index (χ1v) is 5.67. The molecule has 0 aliphatic heterocycles. The standard InChI is InChI=1S/C13H15N3O2/c1-9(17)14-8-11-12(15-16(2)13(11)18)10-6-4-3-5-7-10/h3-7,15H,8H2,1-2H3,(H,14,17). The molecule has 1 aromatic heterocycles. The van der Waals surface area contributed by atoms with Gasteiger partial charge in [-0.05, 0) is 5.56 Å². The lowest BCUT2D eigenvalue weighted by molar-refractivity contribution is -0.119. The Balaban J connectivity index is 2.45. The van der Waals surface area contributed by atoms with E-state index in [2.05, 4.69) is 10.4 Å². The molecule has 2 aromatic rings. The quantitative estimate of drug-likeness (QED) is 0.847. The predicted octanol–water partition coefficient (Wildman–Crippen LogP) is 1.02. The van der Waals surface area contributed by atoms with Crippen molar-refractivity contribution in [2.75, 3.05) is 0 Å². The van der Waals surface area contributed by atoms with E-state index in [4.69, 9.17) is 0 Å². The van der Waals surface area contributed by atoms with E-state index in [9.17, 15) is 9.59 Å². The van der Waals surface area contributed by atoms with E-state index in [0.717, 1.165) is 11.3 Å². The third kappa shape index (κ3) is 2.34. The smallest absolute Gasteiger partial charge is 0.271 e. The van der Waals surface area contributed by atoms with Gasteiger partial charge >= 0.3 is 0 Å². The van der Waals surface area contributed by atoms with Crippen molar-refractivity contribution in [3.05, 3.63) is 46.2 Å². The van der Waals surface area contributed by atoms with Crippen molar-refractivity contribution in [2.24, 2.45) is 7.05 Å². The Morgan fingerprint density at radius 1 is 1.33 bits per heavy atom. The van der Waals surface area contributed by atoms with Gasteiger partial charge in [-0.25, -0.2) is 0 Å². The molecule has 5 heteroatoms. The van der Waals surface area contributed by atoms with E-state index in [1.807, 2.05) is 30.3 Å². The zero-order valence-corrected chi connectivity index (χ0v) is 10.4. The van der Waals surface area contributed by atoms with Gasteiger partial charge in [0.1, 0.15) is 0 Å². The Hall–Kier alpha value is -2.30. The highest BCUT2D eigenvalue weighted by Crippen LogP contribution is 2.18. The van der Waals surface area contributed by atoms with Crippen LogP contribution in [0.2, 0.25) is 0 Å². The van der Waals surface area contributed by atoms with E-state index >= 15 is 0 Å². The highest BCUT2D eigenvalue weighted by Gasteiger charge is 2.13. The Bertz CT molecular complexity index is 611. The van der Waals surface area contributed by atoms with Gasteiger partial charge in [0.2, 0.25) is 5.91 Å². The van der Waals surface area contributed by atoms with Gasteiger partial charge in [-0.15, -0.1) is 0 Å². The lowest BCUT2D eigenvalue weighted by Gasteiger charge is -2.03. The molecular weight excluding hydrogens is 230 g/mol. The van der Waals surface area contributed by atoms with Crippen molar-refractivity contribution in [1.29, 1.82) is 0 Å². The maximum Gasteiger partial charge on any atom is 0.271 e. The summed E-state index contributed by atoms with van der Waals surface area (Å²) in [7, 11) is 1.66.